The third kappa shape index (κ3) is 10.5. The Hall–Kier alpha value is -5.63. The molecule has 16 nitrogen and oxygen atoms in total. The van der Waals surface area contributed by atoms with Crippen molar-refractivity contribution in [3.63, 3.8) is 0 Å². The van der Waals surface area contributed by atoms with Crippen LogP contribution in [0.5, 0.6) is 17.4 Å². The summed E-state index contributed by atoms with van der Waals surface area (Å²) in [6.07, 6.45) is -1.31. The second kappa shape index (κ2) is 17.3. The van der Waals surface area contributed by atoms with E-state index in [-0.39, 0.29) is 38.5 Å². The fourth-order valence-electron chi connectivity index (χ4n) is 7.49. The summed E-state index contributed by atoms with van der Waals surface area (Å²) < 4.78 is 94.0. The van der Waals surface area contributed by atoms with Gasteiger partial charge in [0.15, 0.2) is 0 Å². The van der Waals surface area contributed by atoms with Gasteiger partial charge in [0.05, 0.1) is 31.2 Å². The Balaban J connectivity index is 1.23. The first-order valence-corrected chi connectivity index (χ1v) is 21.7. The molecule has 0 spiro atoms. The zero-order valence-electron chi connectivity index (χ0n) is 34.5. The maximum absolute atomic E-state index is 14.6. The predicted octanol–water partition coefficient (Wildman–Crippen LogP) is 4.90. The van der Waals surface area contributed by atoms with Crippen molar-refractivity contribution in [2.75, 3.05) is 26.9 Å². The van der Waals surface area contributed by atoms with E-state index in [1.54, 1.807) is 51.1 Å². The molecule has 2 aromatic carbocycles. The van der Waals surface area contributed by atoms with Crippen LogP contribution in [0.2, 0.25) is 0 Å². The lowest BCUT2D eigenvalue weighted by atomic mass is 10.1. The number of nitrogens with zero attached hydrogens (tertiary/aromatic N) is 2. The molecule has 3 N–H and O–H groups in total. The number of benzene rings is 2. The van der Waals surface area contributed by atoms with Gasteiger partial charge in [-0.1, -0.05) is 12.2 Å². The number of fused-ring (bicyclic) bond motifs is 3. The topological polar surface area (TPSA) is 201 Å². The molecule has 5 atom stereocenters. The first-order valence-electron chi connectivity index (χ1n) is 20.2. The van der Waals surface area contributed by atoms with Crippen LogP contribution < -0.4 is 29.6 Å². The van der Waals surface area contributed by atoms with Gasteiger partial charge in [-0.2, -0.15) is 0 Å². The Kier molecular flexibility index (Phi) is 12.4. The number of rotatable bonds is 9. The number of carbonyl (C=O) groups is 4. The Labute approximate surface area is 355 Å². The van der Waals surface area contributed by atoms with Crippen LogP contribution in [0.15, 0.2) is 60.7 Å². The van der Waals surface area contributed by atoms with Gasteiger partial charge in [0, 0.05) is 29.9 Å². The lowest BCUT2D eigenvalue weighted by Gasteiger charge is -2.30. The number of nitrogens with one attached hydrogen (secondary N) is 3. The molecule has 4 aliphatic rings. The van der Waals surface area contributed by atoms with Gasteiger partial charge in [0.1, 0.15) is 40.8 Å². The molecule has 2 saturated carbocycles. The van der Waals surface area contributed by atoms with E-state index in [0.717, 1.165) is 12.1 Å². The van der Waals surface area contributed by atoms with E-state index in [0.29, 0.717) is 53.5 Å². The van der Waals surface area contributed by atoms with Crippen LogP contribution in [0.25, 0.3) is 22.0 Å². The van der Waals surface area contributed by atoms with Crippen LogP contribution >= 0.6 is 0 Å². The lowest BCUT2D eigenvalue weighted by molar-refractivity contribution is -0.274. The van der Waals surface area contributed by atoms with Crippen molar-refractivity contribution in [1.82, 2.24) is 25.2 Å². The van der Waals surface area contributed by atoms with Gasteiger partial charge in [-0.05, 0) is 107 Å². The summed E-state index contributed by atoms with van der Waals surface area (Å²) in [5.74, 6) is -2.77. The van der Waals surface area contributed by atoms with Gasteiger partial charge in [-0.25, -0.2) is 18.2 Å². The highest BCUT2D eigenvalue weighted by molar-refractivity contribution is 7.91. The van der Waals surface area contributed by atoms with Gasteiger partial charge in [-0.15, -0.1) is 13.2 Å². The quantitative estimate of drug-likeness (QED) is 0.246. The van der Waals surface area contributed by atoms with Crippen molar-refractivity contribution < 1.29 is 64.5 Å². The van der Waals surface area contributed by atoms with E-state index >= 15 is 0 Å². The first kappa shape index (κ1) is 44.4. The number of amides is 4. The molecule has 62 heavy (non-hydrogen) atoms. The average Bonchev–Trinajstić information content (AvgIpc) is 4.12. The first-order chi connectivity index (χ1) is 29.2. The van der Waals surface area contributed by atoms with Crippen LogP contribution in [0.1, 0.15) is 59.3 Å². The number of alkyl halides is 3. The SMILES string of the molecule is COc1ccc2c(OC3C[C@H]4C(=O)N[C@]5(C(=O)NS(=O)(=O)C6CC6)C[C@H]5C=CCCCOC[C@H](NC(=O)OC(C)(C)C)C(=O)N4C3)nc(-c3ccc(OC(F)(F)F)cc3)cc2c1. The maximum atomic E-state index is 14.6. The smallest absolute Gasteiger partial charge is 0.497 e. The van der Waals surface area contributed by atoms with Crippen molar-refractivity contribution in [3.05, 3.63) is 60.7 Å². The summed E-state index contributed by atoms with van der Waals surface area (Å²) >= 11 is 0. The summed E-state index contributed by atoms with van der Waals surface area (Å²) in [7, 11) is -2.50. The number of allylic oxidation sites excluding steroid dienone is 1. The number of hydrogen-bond donors (Lipinski definition) is 3. The summed E-state index contributed by atoms with van der Waals surface area (Å²) in [6.45, 7) is 4.69. The molecule has 0 bridgehead atoms. The highest BCUT2D eigenvalue weighted by Crippen LogP contribution is 2.46. The van der Waals surface area contributed by atoms with Gasteiger partial charge < -0.3 is 39.2 Å². The minimum atomic E-state index is -4.89. The highest BCUT2D eigenvalue weighted by Gasteiger charge is 2.62. The molecule has 1 unspecified atom stereocenters. The average molecular weight is 888 g/mol. The number of aromatic nitrogens is 1. The molecule has 2 aliphatic carbocycles. The second-order valence-corrected chi connectivity index (χ2v) is 18.7. The number of alkyl carbamates (subject to hydrolysis) is 1. The molecule has 4 amide bonds. The van der Waals surface area contributed by atoms with Crippen molar-refractivity contribution >= 4 is 44.6 Å². The van der Waals surface area contributed by atoms with E-state index in [9.17, 15) is 40.8 Å². The van der Waals surface area contributed by atoms with Crippen LogP contribution in [-0.4, -0.2) is 110 Å². The van der Waals surface area contributed by atoms with E-state index < -0.39 is 86.4 Å². The fourth-order valence-corrected chi connectivity index (χ4v) is 8.85. The normalized spacial score (nSPS) is 24.7. The van der Waals surface area contributed by atoms with Crippen LogP contribution in [0.3, 0.4) is 0 Å². The van der Waals surface area contributed by atoms with E-state index in [4.69, 9.17) is 23.9 Å². The van der Waals surface area contributed by atoms with Crippen molar-refractivity contribution in [2.24, 2.45) is 5.92 Å². The molecule has 1 aromatic heterocycles. The Bertz CT molecular complexity index is 2350. The minimum Gasteiger partial charge on any atom is -0.497 e. The predicted molar refractivity (Wildman–Crippen MR) is 216 cm³/mol. The van der Waals surface area contributed by atoms with E-state index in [1.807, 2.05) is 6.08 Å². The highest BCUT2D eigenvalue weighted by atomic mass is 32.2. The number of methoxy groups -OCH3 is 1. The Morgan fingerprint density at radius 3 is 2.44 bits per heavy atom. The molecule has 1 saturated heterocycles. The molecule has 2 aliphatic heterocycles. The summed E-state index contributed by atoms with van der Waals surface area (Å²) in [5.41, 5.74) is -1.81. The number of ether oxygens (including phenoxy) is 5. The van der Waals surface area contributed by atoms with Gasteiger partial charge >= 0.3 is 12.5 Å². The molecule has 3 heterocycles. The second-order valence-electron chi connectivity index (χ2n) is 16.7. The number of hydrogen-bond acceptors (Lipinski definition) is 12. The minimum absolute atomic E-state index is 0.0663. The third-order valence-corrected chi connectivity index (χ3v) is 12.6. The molecule has 0 radical (unpaired) electrons. The lowest BCUT2D eigenvalue weighted by Crippen LogP contribution is -2.59. The zero-order valence-corrected chi connectivity index (χ0v) is 35.3. The zero-order chi connectivity index (χ0) is 44.6. The van der Waals surface area contributed by atoms with Crippen molar-refractivity contribution in [2.45, 2.75) is 100 Å². The summed E-state index contributed by atoms with van der Waals surface area (Å²) in [5, 5.41) is 5.78. The van der Waals surface area contributed by atoms with Crippen LogP contribution in [0.4, 0.5) is 18.0 Å². The summed E-state index contributed by atoms with van der Waals surface area (Å²) in [6, 6.07) is 9.25. The van der Waals surface area contributed by atoms with Crippen molar-refractivity contribution in [1.29, 1.82) is 0 Å². The number of sulfonamides is 1. The number of pyridine rings is 1. The Morgan fingerprint density at radius 1 is 1.03 bits per heavy atom. The molecule has 7 rings (SSSR count). The molecular weight excluding hydrogens is 840 g/mol. The van der Waals surface area contributed by atoms with Crippen molar-refractivity contribution in [3.8, 4) is 28.6 Å². The fraction of sp³-hybridized carbons (Fsp3) is 0.500. The number of carbonyl (C=O) groups excluding carboxylic acids is 4. The summed E-state index contributed by atoms with van der Waals surface area (Å²) in [4.78, 5) is 61.9. The molecule has 20 heteroatoms. The molecular formula is C42H48F3N5O11S. The molecule has 3 fully saturated rings. The standard InChI is InChI=1S/C42H48F3N5O11S/c1-40(2,3)61-39(54)47-33-23-58-17-7-5-6-8-26-21-41(26,38(53)49-62(55,56)30-14-15-30)48-35(51)34-20-29(22-50(34)37(33)52)59-36-31-16-13-28(57-4)18-25(31)19-32(46-36)24-9-11-27(12-10-24)60-42(43,44)45/h6,8-13,16,18-19,26,29-30,33-34H,5,7,14-15,17,20-23H2,1-4H3,(H,47,54)(H,48,51)(H,49,53)/t26-,29?,33+,34+,41-/m1/s1. The molecule has 334 valence electrons. The molecule has 3 aromatic rings. The van der Waals surface area contributed by atoms with Gasteiger partial charge in [-0.3, -0.25) is 19.1 Å². The third-order valence-electron chi connectivity index (χ3n) is 10.8. The van der Waals surface area contributed by atoms with Crippen LogP contribution in [0, 0.1) is 5.92 Å². The monoisotopic (exact) mass is 887 g/mol. The van der Waals surface area contributed by atoms with Gasteiger partial charge in [0.2, 0.25) is 27.7 Å². The van der Waals surface area contributed by atoms with Gasteiger partial charge in [0.25, 0.3) is 5.91 Å². The largest absolute Gasteiger partial charge is 0.573 e. The maximum Gasteiger partial charge on any atom is 0.573 e. The van der Waals surface area contributed by atoms with E-state index in [1.165, 1.54) is 24.1 Å². The Morgan fingerprint density at radius 2 is 1.76 bits per heavy atom. The number of halogens is 3. The van der Waals surface area contributed by atoms with E-state index in [2.05, 4.69) is 20.1 Å². The van der Waals surface area contributed by atoms with Crippen LogP contribution in [-0.2, 0) is 33.9 Å².